The Morgan fingerprint density at radius 2 is 1.77 bits per heavy atom. The summed E-state index contributed by atoms with van der Waals surface area (Å²) in [6.07, 6.45) is 7.61. The van der Waals surface area contributed by atoms with Crippen molar-refractivity contribution in [2.24, 2.45) is 0 Å². The molecule has 2 N–H and O–H groups in total. The summed E-state index contributed by atoms with van der Waals surface area (Å²) in [6.45, 7) is 5.66. The van der Waals surface area contributed by atoms with Crippen molar-refractivity contribution in [2.75, 3.05) is 13.2 Å². The zero-order valence-corrected chi connectivity index (χ0v) is 9.18. The first-order chi connectivity index (χ1) is 6.35. The van der Waals surface area contributed by atoms with Crippen LogP contribution in [0.2, 0.25) is 0 Å². The monoisotopic (exact) mass is 187 g/mol. The quantitative estimate of drug-likeness (QED) is 0.543. The second-order valence-corrected chi connectivity index (χ2v) is 3.66. The van der Waals surface area contributed by atoms with Crippen LogP contribution in [0.5, 0.6) is 0 Å². The maximum Gasteiger partial charge on any atom is 0.0584 e. The van der Waals surface area contributed by atoms with E-state index in [9.17, 15) is 0 Å². The minimum atomic E-state index is 0.269. The molecule has 1 atom stereocenters. The lowest BCUT2D eigenvalue weighted by molar-refractivity contribution is 0.238. The predicted octanol–water partition coefficient (Wildman–Crippen LogP) is 2.32. The largest absolute Gasteiger partial charge is 0.395 e. The number of unbranched alkanes of at least 4 members (excludes halogenated alkanes) is 4. The first-order valence-corrected chi connectivity index (χ1v) is 5.69. The Morgan fingerprint density at radius 1 is 1.08 bits per heavy atom. The summed E-state index contributed by atoms with van der Waals surface area (Å²) in [5, 5.41) is 12.3. The highest BCUT2D eigenvalue weighted by molar-refractivity contribution is 4.62. The van der Waals surface area contributed by atoms with E-state index in [-0.39, 0.29) is 6.61 Å². The molecule has 0 aliphatic heterocycles. The fraction of sp³-hybridized carbons (Fsp3) is 1.00. The van der Waals surface area contributed by atoms with Crippen molar-refractivity contribution >= 4 is 0 Å². The normalized spacial score (nSPS) is 13.2. The maximum absolute atomic E-state index is 8.90. The second-order valence-electron chi connectivity index (χ2n) is 3.66. The number of hydrogen-bond donors (Lipinski definition) is 2. The molecule has 80 valence electrons. The molecule has 0 amide bonds. The van der Waals surface area contributed by atoms with Crippen LogP contribution >= 0.6 is 0 Å². The molecule has 2 heteroatoms. The lowest BCUT2D eigenvalue weighted by Gasteiger charge is -2.13. The van der Waals surface area contributed by atoms with Gasteiger partial charge in [-0.25, -0.2) is 0 Å². The Bertz CT molecular complexity index is 92.1. The SMILES string of the molecule is CCCCCCCN[C@@H](CC)CO. The topological polar surface area (TPSA) is 32.3 Å². The maximum atomic E-state index is 8.90. The van der Waals surface area contributed by atoms with Crippen LogP contribution in [-0.4, -0.2) is 24.3 Å². The van der Waals surface area contributed by atoms with E-state index < -0.39 is 0 Å². The molecule has 0 aromatic carbocycles. The van der Waals surface area contributed by atoms with E-state index in [1.165, 1.54) is 32.1 Å². The van der Waals surface area contributed by atoms with Gasteiger partial charge in [0.05, 0.1) is 6.61 Å². The fourth-order valence-electron chi connectivity index (χ4n) is 1.37. The van der Waals surface area contributed by atoms with Crippen LogP contribution in [-0.2, 0) is 0 Å². The minimum Gasteiger partial charge on any atom is -0.395 e. The molecule has 0 saturated carbocycles. The Kier molecular flexibility index (Phi) is 9.94. The van der Waals surface area contributed by atoms with Gasteiger partial charge in [0.25, 0.3) is 0 Å². The minimum absolute atomic E-state index is 0.269. The molecule has 0 aromatic rings. The van der Waals surface area contributed by atoms with Crippen molar-refractivity contribution in [3.63, 3.8) is 0 Å². The third-order valence-corrected chi connectivity index (χ3v) is 2.43. The number of rotatable bonds is 9. The van der Waals surface area contributed by atoms with E-state index in [1.807, 2.05) is 0 Å². The average Bonchev–Trinajstić information content (AvgIpc) is 2.17. The number of nitrogens with one attached hydrogen (secondary N) is 1. The van der Waals surface area contributed by atoms with Gasteiger partial charge in [-0.05, 0) is 19.4 Å². The Morgan fingerprint density at radius 3 is 2.31 bits per heavy atom. The van der Waals surface area contributed by atoms with E-state index in [1.54, 1.807) is 0 Å². The Labute approximate surface area is 82.7 Å². The van der Waals surface area contributed by atoms with Crippen LogP contribution in [0.1, 0.15) is 52.4 Å². The first-order valence-electron chi connectivity index (χ1n) is 5.69. The molecule has 0 heterocycles. The van der Waals surface area contributed by atoms with Crippen molar-refractivity contribution in [1.82, 2.24) is 5.32 Å². The van der Waals surface area contributed by atoms with Crippen LogP contribution in [0.15, 0.2) is 0 Å². The Hall–Kier alpha value is -0.0800. The smallest absolute Gasteiger partial charge is 0.0584 e. The van der Waals surface area contributed by atoms with Gasteiger partial charge in [0, 0.05) is 6.04 Å². The van der Waals surface area contributed by atoms with Gasteiger partial charge in [-0.2, -0.15) is 0 Å². The molecule has 0 saturated heterocycles. The lowest BCUT2D eigenvalue weighted by atomic mass is 10.1. The molecule has 0 radical (unpaired) electrons. The third-order valence-electron chi connectivity index (χ3n) is 2.43. The molecule has 0 bridgehead atoms. The van der Waals surface area contributed by atoms with Crippen molar-refractivity contribution in [1.29, 1.82) is 0 Å². The van der Waals surface area contributed by atoms with Crippen molar-refractivity contribution in [2.45, 2.75) is 58.4 Å². The average molecular weight is 187 g/mol. The first kappa shape index (κ1) is 12.9. The lowest BCUT2D eigenvalue weighted by Crippen LogP contribution is -2.32. The van der Waals surface area contributed by atoms with Gasteiger partial charge in [-0.3, -0.25) is 0 Å². The van der Waals surface area contributed by atoms with Crippen LogP contribution in [0.4, 0.5) is 0 Å². The van der Waals surface area contributed by atoms with Crippen LogP contribution in [0.25, 0.3) is 0 Å². The number of aliphatic hydroxyl groups excluding tert-OH is 1. The van der Waals surface area contributed by atoms with Crippen LogP contribution in [0, 0.1) is 0 Å². The summed E-state index contributed by atoms with van der Waals surface area (Å²) in [4.78, 5) is 0. The molecule has 0 fully saturated rings. The second kappa shape index (κ2) is 10.0. The van der Waals surface area contributed by atoms with Gasteiger partial charge in [-0.15, -0.1) is 0 Å². The Balaban J connectivity index is 3.05. The van der Waals surface area contributed by atoms with Gasteiger partial charge >= 0.3 is 0 Å². The van der Waals surface area contributed by atoms with Gasteiger partial charge < -0.3 is 10.4 Å². The van der Waals surface area contributed by atoms with Crippen molar-refractivity contribution < 1.29 is 5.11 Å². The third kappa shape index (κ3) is 8.26. The van der Waals surface area contributed by atoms with Gasteiger partial charge in [0.1, 0.15) is 0 Å². The summed E-state index contributed by atoms with van der Waals surface area (Å²) in [6, 6.07) is 0.311. The van der Waals surface area contributed by atoms with E-state index in [0.717, 1.165) is 13.0 Å². The molecule has 0 aromatic heterocycles. The standard InChI is InChI=1S/C11H25NO/c1-3-5-6-7-8-9-12-11(4-2)10-13/h11-13H,3-10H2,1-2H3/t11-/m0/s1. The number of aliphatic hydroxyl groups is 1. The molecule has 0 unspecified atom stereocenters. The van der Waals surface area contributed by atoms with Gasteiger partial charge in [0.2, 0.25) is 0 Å². The molecule has 0 spiro atoms. The van der Waals surface area contributed by atoms with Gasteiger partial charge in [0.15, 0.2) is 0 Å². The summed E-state index contributed by atoms with van der Waals surface area (Å²) >= 11 is 0. The van der Waals surface area contributed by atoms with Gasteiger partial charge in [-0.1, -0.05) is 39.5 Å². The molecule has 13 heavy (non-hydrogen) atoms. The molecule has 0 aliphatic rings. The number of hydrogen-bond acceptors (Lipinski definition) is 2. The van der Waals surface area contributed by atoms with Crippen molar-refractivity contribution in [3.05, 3.63) is 0 Å². The highest BCUT2D eigenvalue weighted by atomic mass is 16.3. The van der Waals surface area contributed by atoms with E-state index in [4.69, 9.17) is 5.11 Å². The molecular weight excluding hydrogens is 162 g/mol. The van der Waals surface area contributed by atoms with Crippen molar-refractivity contribution in [3.8, 4) is 0 Å². The predicted molar refractivity (Wildman–Crippen MR) is 57.9 cm³/mol. The summed E-state index contributed by atoms with van der Waals surface area (Å²) in [7, 11) is 0. The highest BCUT2D eigenvalue weighted by Gasteiger charge is 2.01. The summed E-state index contributed by atoms with van der Waals surface area (Å²) in [5.74, 6) is 0. The zero-order valence-electron chi connectivity index (χ0n) is 9.18. The molecular formula is C11H25NO. The summed E-state index contributed by atoms with van der Waals surface area (Å²) < 4.78 is 0. The van der Waals surface area contributed by atoms with Crippen LogP contribution < -0.4 is 5.32 Å². The van der Waals surface area contributed by atoms with E-state index in [0.29, 0.717) is 6.04 Å². The molecule has 0 rings (SSSR count). The molecule has 2 nitrogen and oxygen atoms in total. The summed E-state index contributed by atoms with van der Waals surface area (Å²) in [5.41, 5.74) is 0. The highest BCUT2D eigenvalue weighted by Crippen LogP contribution is 2.01. The van der Waals surface area contributed by atoms with Crippen LogP contribution in [0.3, 0.4) is 0 Å². The fourth-order valence-corrected chi connectivity index (χ4v) is 1.37. The zero-order chi connectivity index (χ0) is 9.94. The molecule has 0 aliphatic carbocycles. The van der Waals surface area contributed by atoms with E-state index >= 15 is 0 Å². The van der Waals surface area contributed by atoms with E-state index in [2.05, 4.69) is 19.2 Å².